The third-order valence-corrected chi connectivity index (χ3v) is 6.83. The number of hydrogen-bond donors (Lipinski definition) is 2. The van der Waals surface area contributed by atoms with Crippen molar-refractivity contribution in [2.45, 2.75) is 35.7 Å². The number of hydrogen-bond acceptors (Lipinski definition) is 5. The summed E-state index contributed by atoms with van der Waals surface area (Å²) in [5.74, 6) is 0.932. The second-order valence-electron chi connectivity index (χ2n) is 6.72. The third-order valence-electron chi connectivity index (χ3n) is 5.54. The first-order chi connectivity index (χ1) is 10.8. The second kappa shape index (κ2) is 4.60. The van der Waals surface area contributed by atoms with Crippen molar-refractivity contribution >= 4 is 22.7 Å². The van der Waals surface area contributed by atoms with Crippen LogP contribution in [-0.4, -0.2) is 39.1 Å². The van der Waals surface area contributed by atoms with Crippen LogP contribution < -0.4 is 5.32 Å². The lowest BCUT2D eigenvalue weighted by molar-refractivity contribution is 0.363. The maximum absolute atomic E-state index is 9.96. The van der Waals surface area contributed by atoms with Crippen LogP contribution in [0, 0.1) is 5.92 Å². The van der Waals surface area contributed by atoms with E-state index in [0.29, 0.717) is 11.6 Å². The van der Waals surface area contributed by atoms with Crippen LogP contribution in [0.3, 0.4) is 0 Å². The van der Waals surface area contributed by atoms with Crippen LogP contribution in [0.2, 0.25) is 0 Å². The fraction of sp³-hybridized carbons (Fsp3) is 0.471. The molecule has 0 bridgehead atoms. The average Bonchev–Trinajstić information content (AvgIpc) is 3.11. The van der Waals surface area contributed by atoms with Gasteiger partial charge < -0.3 is 10.4 Å². The molecule has 1 aromatic heterocycles. The molecule has 3 heterocycles. The maximum atomic E-state index is 9.96. The second-order valence-corrected chi connectivity index (χ2v) is 7.79. The fourth-order valence-electron chi connectivity index (χ4n) is 4.31. The summed E-state index contributed by atoms with van der Waals surface area (Å²) in [5, 5.41) is 15.6. The summed E-state index contributed by atoms with van der Waals surface area (Å²) in [6, 6.07) is 8.80. The molecule has 1 aliphatic carbocycles. The van der Waals surface area contributed by atoms with Crippen LogP contribution in [0.25, 0.3) is 10.8 Å². The minimum absolute atomic E-state index is 0.126. The quantitative estimate of drug-likeness (QED) is 0.835. The molecule has 2 aromatic rings. The fourth-order valence-corrected chi connectivity index (χ4v) is 5.71. The molecule has 4 nitrogen and oxygen atoms in total. The van der Waals surface area contributed by atoms with E-state index in [-0.39, 0.29) is 5.88 Å². The van der Waals surface area contributed by atoms with E-state index in [4.69, 9.17) is 0 Å². The Hall–Kier alpha value is -1.30. The molecule has 5 rings (SSSR count). The average molecular weight is 313 g/mol. The van der Waals surface area contributed by atoms with Crippen molar-refractivity contribution in [3.05, 3.63) is 30.5 Å². The molecule has 0 radical (unpaired) electrons. The van der Waals surface area contributed by atoms with E-state index in [1.165, 1.54) is 37.2 Å². The zero-order valence-electron chi connectivity index (χ0n) is 12.3. The van der Waals surface area contributed by atoms with E-state index in [9.17, 15) is 5.11 Å². The number of pyridine rings is 1. The Bertz CT molecular complexity index is 746. The molecule has 1 aromatic carbocycles. The number of fused-ring (bicyclic) bond motifs is 3. The molecular formula is C17H19N3OS. The zero-order valence-corrected chi connectivity index (χ0v) is 13.1. The molecule has 3 fully saturated rings. The molecule has 22 heavy (non-hydrogen) atoms. The number of nitrogens with zero attached hydrogens (tertiary/aromatic N) is 2. The lowest BCUT2D eigenvalue weighted by Crippen LogP contribution is -2.40. The SMILES string of the molecule is Oc1nccc2c(SN3CC4CCNC4C34CC4)cccc12. The number of benzene rings is 1. The van der Waals surface area contributed by atoms with Crippen molar-refractivity contribution in [2.24, 2.45) is 5.92 Å². The highest BCUT2D eigenvalue weighted by atomic mass is 32.2. The van der Waals surface area contributed by atoms with E-state index in [1.54, 1.807) is 6.20 Å². The van der Waals surface area contributed by atoms with Gasteiger partial charge in [-0.1, -0.05) is 6.07 Å². The molecule has 3 aliphatic rings. The van der Waals surface area contributed by atoms with Gasteiger partial charge in [-0.25, -0.2) is 9.29 Å². The van der Waals surface area contributed by atoms with Gasteiger partial charge in [0, 0.05) is 40.0 Å². The molecule has 2 unspecified atom stereocenters. The number of rotatable bonds is 2. The van der Waals surface area contributed by atoms with Gasteiger partial charge in [-0.3, -0.25) is 0 Å². The first kappa shape index (κ1) is 13.2. The Morgan fingerprint density at radius 1 is 1.27 bits per heavy atom. The van der Waals surface area contributed by atoms with Gasteiger partial charge in [0.05, 0.1) is 0 Å². The van der Waals surface area contributed by atoms with Gasteiger partial charge in [0.25, 0.3) is 0 Å². The van der Waals surface area contributed by atoms with Gasteiger partial charge >= 0.3 is 0 Å². The number of aromatic nitrogens is 1. The summed E-state index contributed by atoms with van der Waals surface area (Å²) in [7, 11) is 0. The van der Waals surface area contributed by atoms with Gasteiger partial charge in [-0.05, 0) is 61.9 Å². The van der Waals surface area contributed by atoms with Gasteiger partial charge in [-0.15, -0.1) is 0 Å². The lowest BCUT2D eigenvalue weighted by atomic mass is 9.99. The minimum Gasteiger partial charge on any atom is -0.493 e. The smallest absolute Gasteiger partial charge is 0.218 e. The molecule has 2 saturated heterocycles. The van der Waals surface area contributed by atoms with Gasteiger partial charge in [0.15, 0.2) is 0 Å². The molecule has 114 valence electrons. The first-order valence-electron chi connectivity index (χ1n) is 8.04. The maximum Gasteiger partial charge on any atom is 0.218 e. The molecular weight excluding hydrogens is 294 g/mol. The van der Waals surface area contributed by atoms with Crippen molar-refractivity contribution < 1.29 is 5.11 Å². The standard InChI is InChI=1S/C17H19N3OS/c21-16-13-2-1-3-14(12(13)5-9-19-16)22-20-10-11-4-8-18-15(11)17(20)6-7-17/h1-3,5,9,11,15,18H,4,6-8,10H2,(H,19,21). The summed E-state index contributed by atoms with van der Waals surface area (Å²) in [4.78, 5) is 5.21. The Kier molecular flexibility index (Phi) is 2.75. The normalized spacial score (nSPS) is 29.3. The van der Waals surface area contributed by atoms with E-state index in [2.05, 4.69) is 20.7 Å². The predicted octanol–water partition coefficient (Wildman–Crippen LogP) is 2.77. The van der Waals surface area contributed by atoms with Gasteiger partial charge in [-0.2, -0.15) is 0 Å². The predicted molar refractivity (Wildman–Crippen MR) is 87.8 cm³/mol. The first-order valence-corrected chi connectivity index (χ1v) is 8.81. The van der Waals surface area contributed by atoms with Crippen molar-refractivity contribution in [3.8, 4) is 5.88 Å². The summed E-state index contributed by atoms with van der Waals surface area (Å²) >= 11 is 1.87. The Morgan fingerprint density at radius 2 is 2.18 bits per heavy atom. The van der Waals surface area contributed by atoms with Crippen LogP contribution in [-0.2, 0) is 0 Å². The van der Waals surface area contributed by atoms with Crippen molar-refractivity contribution in [1.29, 1.82) is 0 Å². The van der Waals surface area contributed by atoms with Crippen LogP contribution >= 0.6 is 11.9 Å². The van der Waals surface area contributed by atoms with E-state index < -0.39 is 0 Å². The number of nitrogens with one attached hydrogen (secondary N) is 1. The lowest BCUT2D eigenvalue weighted by Gasteiger charge is -2.27. The van der Waals surface area contributed by atoms with Crippen LogP contribution in [0.5, 0.6) is 5.88 Å². The monoisotopic (exact) mass is 313 g/mol. The van der Waals surface area contributed by atoms with Crippen LogP contribution in [0.1, 0.15) is 19.3 Å². The minimum atomic E-state index is 0.126. The van der Waals surface area contributed by atoms with Crippen molar-refractivity contribution in [1.82, 2.24) is 14.6 Å². The molecule has 1 spiro atoms. The van der Waals surface area contributed by atoms with E-state index >= 15 is 0 Å². The highest BCUT2D eigenvalue weighted by molar-refractivity contribution is 7.97. The van der Waals surface area contributed by atoms with Gasteiger partial charge in [0.2, 0.25) is 5.88 Å². The van der Waals surface area contributed by atoms with Crippen LogP contribution in [0.4, 0.5) is 0 Å². The summed E-state index contributed by atoms with van der Waals surface area (Å²) in [6.45, 7) is 2.36. The van der Waals surface area contributed by atoms with E-state index in [0.717, 1.165) is 16.7 Å². The van der Waals surface area contributed by atoms with Crippen molar-refractivity contribution in [3.63, 3.8) is 0 Å². The third kappa shape index (κ3) is 1.76. The molecule has 2 atom stereocenters. The molecule has 2 aliphatic heterocycles. The molecule has 5 heteroatoms. The summed E-state index contributed by atoms with van der Waals surface area (Å²) in [6.07, 6.45) is 5.62. The topological polar surface area (TPSA) is 48.4 Å². The van der Waals surface area contributed by atoms with E-state index in [1.807, 2.05) is 30.1 Å². The summed E-state index contributed by atoms with van der Waals surface area (Å²) in [5.41, 5.74) is 0.378. The Labute approximate surface area is 134 Å². The molecule has 2 N–H and O–H groups in total. The zero-order chi connectivity index (χ0) is 14.7. The molecule has 0 amide bonds. The van der Waals surface area contributed by atoms with Crippen LogP contribution in [0.15, 0.2) is 35.4 Å². The highest BCUT2D eigenvalue weighted by Crippen LogP contribution is 2.57. The Balaban J connectivity index is 1.51. The highest BCUT2D eigenvalue weighted by Gasteiger charge is 2.62. The molecule has 1 saturated carbocycles. The van der Waals surface area contributed by atoms with Gasteiger partial charge in [0.1, 0.15) is 0 Å². The largest absolute Gasteiger partial charge is 0.493 e. The summed E-state index contributed by atoms with van der Waals surface area (Å²) < 4.78 is 2.61. The number of aromatic hydroxyl groups is 1. The van der Waals surface area contributed by atoms with Crippen molar-refractivity contribution in [2.75, 3.05) is 13.1 Å². The Morgan fingerprint density at radius 3 is 3.05 bits per heavy atom.